The molecule has 2 N–H and O–H groups in total. The summed E-state index contributed by atoms with van der Waals surface area (Å²) in [5, 5.41) is 21.2. The quantitative estimate of drug-likeness (QED) is 0.367. The Morgan fingerprint density at radius 2 is 1.50 bits per heavy atom. The number of benzene rings is 3. The maximum absolute atomic E-state index is 13.1. The SMILES string of the molecule is CCCC(c1ccc(C(=O)O)cc1)C(NC(=O)c1ccc(C#N)cc1)c1ccc(OC(F)(F)F)cc1. The van der Waals surface area contributed by atoms with E-state index in [1.54, 1.807) is 12.1 Å². The molecule has 1 amide bonds. The fraction of sp³-hybridized carbons (Fsp3) is 0.222. The van der Waals surface area contributed by atoms with Crippen LogP contribution in [0, 0.1) is 11.3 Å². The van der Waals surface area contributed by atoms with E-state index >= 15 is 0 Å². The molecule has 0 heterocycles. The highest BCUT2D eigenvalue weighted by Gasteiger charge is 2.32. The Kier molecular flexibility index (Phi) is 8.33. The molecule has 0 bridgehead atoms. The van der Waals surface area contributed by atoms with Crippen LogP contribution in [-0.4, -0.2) is 23.3 Å². The Morgan fingerprint density at radius 1 is 0.944 bits per heavy atom. The van der Waals surface area contributed by atoms with Crippen LogP contribution in [0.15, 0.2) is 72.8 Å². The molecule has 0 radical (unpaired) electrons. The lowest BCUT2D eigenvalue weighted by atomic mass is 9.83. The number of hydrogen-bond donors (Lipinski definition) is 2. The molecule has 0 aliphatic carbocycles. The van der Waals surface area contributed by atoms with E-state index < -0.39 is 24.3 Å². The van der Waals surface area contributed by atoms with Gasteiger partial charge in [-0.25, -0.2) is 4.79 Å². The van der Waals surface area contributed by atoms with E-state index in [4.69, 9.17) is 5.26 Å². The third-order valence-corrected chi connectivity index (χ3v) is 5.62. The summed E-state index contributed by atoms with van der Waals surface area (Å²) in [6, 6.07) is 19.0. The van der Waals surface area contributed by atoms with Crippen LogP contribution >= 0.6 is 0 Å². The minimum atomic E-state index is -4.83. The van der Waals surface area contributed by atoms with Crippen LogP contribution < -0.4 is 10.1 Å². The molecule has 0 saturated heterocycles. The van der Waals surface area contributed by atoms with Crippen molar-refractivity contribution in [2.24, 2.45) is 0 Å². The van der Waals surface area contributed by atoms with Gasteiger partial charge in [-0.3, -0.25) is 4.79 Å². The fourth-order valence-electron chi connectivity index (χ4n) is 3.92. The summed E-state index contributed by atoms with van der Waals surface area (Å²) < 4.78 is 41.8. The lowest BCUT2D eigenvalue weighted by Gasteiger charge is -2.29. The molecule has 2 unspecified atom stereocenters. The fourth-order valence-corrected chi connectivity index (χ4v) is 3.92. The topological polar surface area (TPSA) is 99.4 Å². The Balaban J connectivity index is 2.00. The number of halogens is 3. The number of hydrogen-bond acceptors (Lipinski definition) is 4. The minimum Gasteiger partial charge on any atom is -0.478 e. The van der Waals surface area contributed by atoms with Crippen molar-refractivity contribution in [2.75, 3.05) is 0 Å². The first-order valence-electron chi connectivity index (χ1n) is 11.1. The standard InChI is InChI=1S/C27H23F3N2O4/c1-2-3-23(18-8-10-21(11-9-18)26(34)35)24(19-12-14-22(15-13-19)36-27(28,29)30)32-25(33)20-6-4-17(16-31)5-7-20/h4-15,23-24H,2-3H2,1H3,(H,32,33)(H,34,35). The number of alkyl halides is 3. The number of rotatable bonds is 9. The molecule has 2 atom stereocenters. The predicted molar refractivity (Wildman–Crippen MR) is 126 cm³/mol. The van der Waals surface area contributed by atoms with E-state index in [-0.39, 0.29) is 17.2 Å². The van der Waals surface area contributed by atoms with Crippen LogP contribution in [0.3, 0.4) is 0 Å². The molecule has 0 saturated carbocycles. The Labute approximate surface area is 205 Å². The maximum atomic E-state index is 13.1. The first-order valence-corrected chi connectivity index (χ1v) is 11.1. The lowest BCUT2D eigenvalue weighted by Crippen LogP contribution is -2.33. The zero-order valence-electron chi connectivity index (χ0n) is 19.3. The second kappa shape index (κ2) is 11.4. The van der Waals surface area contributed by atoms with Crippen molar-refractivity contribution in [1.82, 2.24) is 5.32 Å². The number of carbonyl (C=O) groups is 2. The number of aromatic carboxylic acids is 1. The van der Waals surface area contributed by atoms with E-state index in [1.807, 2.05) is 13.0 Å². The van der Waals surface area contributed by atoms with Crippen LogP contribution in [0.1, 0.15) is 69.1 Å². The molecule has 3 rings (SSSR count). The van der Waals surface area contributed by atoms with Gasteiger partial charge in [0, 0.05) is 11.5 Å². The van der Waals surface area contributed by atoms with Crippen molar-refractivity contribution in [3.8, 4) is 11.8 Å². The van der Waals surface area contributed by atoms with Gasteiger partial charge in [0.15, 0.2) is 0 Å². The minimum absolute atomic E-state index is 0.112. The van der Waals surface area contributed by atoms with Crippen molar-refractivity contribution < 1.29 is 32.6 Å². The van der Waals surface area contributed by atoms with Crippen LogP contribution in [0.5, 0.6) is 5.75 Å². The highest BCUT2D eigenvalue weighted by Crippen LogP contribution is 2.36. The summed E-state index contributed by atoms with van der Waals surface area (Å²) in [5.41, 5.74) is 2.13. The molecule has 9 heteroatoms. The highest BCUT2D eigenvalue weighted by atomic mass is 19.4. The van der Waals surface area contributed by atoms with Gasteiger partial charge in [0.2, 0.25) is 0 Å². The molecule has 0 aliphatic rings. The van der Waals surface area contributed by atoms with Gasteiger partial charge in [-0.1, -0.05) is 37.6 Å². The Morgan fingerprint density at radius 3 is 2.00 bits per heavy atom. The second-order valence-electron chi connectivity index (χ2n) is 8.08. The summed E-state index contributed by atoms with van der Waals surface area (Å²) >= 11 is 0. The zero-order chi connectivity index (χ0) is 26.3. The Hall–Kier alpha value is -4.32. The van der Waals surface area contributed by atoms with E-state index in [0.717, 1.165) is 12.0 Å². The van der Waals surface area contributed by atoms with Crippen molar-refractivity contribution >= 4 is 11.9 Å². The van der Waals surface area contributed by atoms with Crippen LogP contribution in [0.25, 0.3) is 0 Å². The van der Waals surface area contributed by atoms with Gasteiger partial charge in [-0.15, -0.1) is 13.2 Å². The highest BCUT2D eigenvalue weighted by molar-refractivity contribution is 5.94. The molecule has 186 valence electrons. The number of carboxylic acid groups (broad SMARTS) is 1. The lowest BCUT2D eigenvalue weighted by molar-refractivity contribution is -0.274. The first-order chi connectivity index (χ1) is 17.1. The molecule has 0 fully saturated rings. The maximum Gasteiger partial charge on any atom is 0.573 e. The number of nitrogens with one attached hydrogen (secondary N) is 1. The molecule has 36 heavy (non-hydrogen) atoms. The third kappa shape index (κ3) is 6.85. The number of carboxylic acids is 1. The molecule has 0 spiro atoms. The summed E-state index contributed by atoms with van der Waals surface area (Å²) in [7, 11) is 0. The number of carbonyl (C=O) groups excluding carboxylic acids is 1. The zero-order valence-corrected chi connectivity index (χ0v) is 19.3. The molecular weight excluding hydrogens is 473 g/mol. The normalized spacial score (nSPS) is 12.8. The summed E-state index contributed by atoms with van der Waals surface area (Å²) in [6.45, 7) is 1.96. The number of nitrogens with zero attached hydrogens (tertiary/aromatic N) is 1. The van der Waals surface area contributed by atoms with Gasteiger partial charge in [0.25, 0.3) is 5.91 Å². The molecule has 6 nitrogen and oxygen atoms in total. The number of ether oxygens (including phenoxy) is 1. The molecule has 3 aromatic carbocycles. The summed E-state index contributed by atoms with van der Waals surface area (Å²) in [4.78, 5) is 24.4. The van der Waals surface area contributed by atoms with Crippen molar-refractivity contribution in [3.63, 3.8) is 0 Å². The van der Waals surface area contributed by atoms with E-state index in [0.29, 0.717) is 23.1 Å². The third-order valence-electron chi connectivity index (χ3n) is 5.62. The summed E-state index contributed by atoms with van der Waals surface area (Å²) in [5.74, 6) is -2.20. The predicted octanol–water partition coefficient (Wildman–Crippen LogP) is 6.21. The van der Waals surface area contributed by atoms with E-state index in [9.17, 15) is 27.9 Å². The van der Waals surface area contributed by atoms with Gasteiger partial charge in [-0.2, -0.15) is 5.26 Å². The summed E-state index contributed by atoms with van der Waals surface area (Å²) in [6.07, 6.45) is -3.50. The van der Waals surface area contributed by atoms with E-state index in [1.165, 1.54) is 60.7 Å². The monoisotopic (exact) mass is 496 g/mol. The van der Waals surface area contributed by atoms with Crippen molar-refractivity contribution in [1.29, 1.82) is 5.26 Å². The molecular formula is C27H23F3N2O4. The Bertz CT molecular complexity index is 1230. The largest absolute Gasteiger partial charge is 0.573 e. The van der Waals surface area contributed by atoms with Gasteiger partial charge in [0.1, 0.15) is 5.75 Å². The van der Waals surface area contributed by atoms with Gasteiger partial charge in [0.05, 0.1) is 23.2 Å². The average molecular weight is 496 g/mol. The molecule has 3 aromatic rings. The first kappa shape index (κ1) is 26.3. The van der Waals surface area contributed by atoms with Crippen LogP contribution in [0.4, 0.5) is 13.2 Å². The smallest absolute Gasteiger partial charge is 0.478 e. The van der Waals surface area contributed by atoms with Gasteiger partial charge in [-0.05, 0) is 66.1 Å². The van der Waals surface area contributed by atoms with Gasteiger partial charge >= 0.3 is 12.3 Å². The molecule has 0 aromatic heterocycles. The number of amides is 1. The second-order valence-corrected chi connectivity index (χ2v) is 8.08. The van der Waals surface area contributed by atoms with Crippen LogP contribution in [-0.2, 0) is 0 Å². The van der Waals surface area contributed by atoms with Crippen LogP contribution in [0.2, 0.25) is 0 Å². The van der Waals surface area contributed by atoms with Crippen molar-refractivity contribution in [3.05, 3.63) is 101 Å². The number of nitriles is 1. The van der Waals surface area contributed by atoms with Gasteiger partial charge < -0.3 is 15.2 Å². The van der Waals surface area contributed by atoms with E-state index in [2.05, 4.69) is 10.1 Å². The average Bonchev–Trinajstić information content (AvgIpc) is 2.86. The van der Waals surface area contributed by atoms with Crippen molar-refractivity contribution in [2.45, 2.75) is 38.1 Å². The molecule has 0 aliphatic heterocycles.